The topological polar surface area (TPSA) is 27.7 Å². The molecule has 152 valence electrons. The highest BCUT2D eigenvalue weighted by molar-refractivity contribution is 9.10. The largest absolute Gasteiger partial charge is 0.494 e. The number of halogens is 3. The zero-order chi connectivity index (χ0) is 20.4. The summed E-state index contributed by atoms with van der Waals surface area (Å²) in [6.07, 6.45) is 4.34. The summed E-state index contributed by atoms with van der Waals surface area (Å²) >= 11 is 14.6. The Labute approximate surface area is 185 Å². The lowest BCUT2D eigenvalue weighted by molar-refractivity contribution is 0.264. The Bertz CT molecular complexity index is 772. The molecule has 0 saturated carbocycles. The van der Waals surface area contributed by atoms with E-state index in [1.807, 2.05) is 43.3 Å². The van der Waals surface area contributed by atoms with Gasteiger partial charge in [0.1, 0.15) is 28.3 Å². The van der Waals surface area contributed by atoms with Gasteiger partial charge in [0.05, 0.1) is 13.2 Å². The standard InChI is InChI=1S/C22H25BrCl2O3/c1-3-17-15-20(27-13-10-21(24)25)14-16(2)22(17)28-12-5-4-11-26-19-8-6-18(23)7-9-19/h6-10,14-15H,3-5,11-13H2,1-2H3. The monoisotopic (exact) mass is 486 g/mol. The molecule has 2 aromatic carbocycles. The third kappa shape index (κ3) is 7.94. The van der Waals surface area contributed by atoms with Gasteiger partial charge in [0, 0.05) is 4.47 Å². The molecule has 0 amide bonds. The van der Waals surface area contributed by atoms with Crippen LogP contribution in [0.4, 0.5) is 0 Å². The zero-order valence-electron chi connectivity index (χ0n) is 16.1. The first-order valence-corrected chi connectivity index (χ1v) is 10.8. The first-order valence-electron chi connectivity index (χ1n) is 9.28. The van der Waals surface area contributed by atoms with Crippen molar-refractivity contribution in [2.24, 2.45) is 0 Å². The van der Waals surface area contributed by atoms with Crippen molar-refractivity contribution >= 4 is 39.1 Å². The van der Waals surface area contributed by atoms with E-state index in [2.05, 4.69) is 22.9 Å². The summed E-state index contributed by atoms with van der Waals surface area (Å²) in [5.41, 5.74) is 2.18. The molecule has 3 nitrogen and oxygen atoms in total. The van der Waals surface area contributed by atoms with Crippen molar-refractivity contribution in [1.82, 2.24) is 0 Å². The van der Waals surface area contributed by atoms with Crippen molar-refractivity contribution in [3.05, 3.63) is 62.6 Å². The number of hydrogen-bond donors (Lipinski definition) is 0. The van der Waals surface area contributed by atoms with Crippen LogP contribution < -0.4 is 14.2 Å². The maximum atomic E-state index is 6.05. The minimum absolute atomic E-state index is 0.205. The molecule has 0 N–H and O–H groups in total. The molecule has 0 unspecified atom stereocenters. The van der Waals surface area contributed by atoms with Crippen molar-refractivity contribution in [3.63, 3.8) is 0 Å². The van der Waals surface area contributed by atoms with Gasteiger partial charge in [-0.3, -0.25) is 0 Å². The Hall–Kier alpha value is -1.36. The molecule has 0 aliphatic rings. The Kier molecular flexibility index (Phi) is 10.0. The zero-order valence-corrected chi connectivity index (χ0v) is 19.2. The fourth-order valence-corrected chi connectivity index (χ4v) is 3.05. The molecule has 0 bridgehead atoms. The van der Waals surface area contributed by atoms with E-state index in [1.54, 1.807) is 6.08 Å². The fraction of sp³-hybridized carbons (Fsp3) is 0.364. The van der Waals surface area contributed by atoms with Crippen LogP contribution in [0.3, 0.4) is 0 Å². The Morgan fingerprint density at radius 3 is 2.29 bits per heavy atom. The molecule has 2 rings (SSSR count). The first-order chi connectivity index (χ1) is 13.5. The predicted octanol–water partition coefficient (Wildman–Crippen LogP) is 7.26. The lowest BCUT2D eigenvalue weighted by Gasteiger charge is -2.16. The van der Waals surface area contributed by atoms with Crippen LogP contribution in [0.5, 0.6) is 17.2 Å². The van der Waals surface area contributed by atoms with Gasteiger partial charge < -0.3 is 14.2 Å². The second kappa shape index (κ2) is 12.3. The second-order valence-corrected chi connectivity index (χ2v) is 8.17. The average molecular weight is 488 g/mol. The van der Waals surface area contributed by atoms with E-state index in [0.29, 0.717) is 19.8 Å². The van der Waals surface area contributed by atoms with E-state index in [9.17, 15) is 0 Å². The van der Waals surface area contributed by atoms with Crippen molar-refractivity contribution < 1.29 is 14.2 Å². The van der Waals surface area contributed by atoms with Gasteiger partial charge in [-0.15, -0.1) is 0 Å². The van der Waals surface area contributed by atoms with E-state index >= 15 is 0 Å². The van der Waals surface area contributed by atoms with Gasteiger partial charge in [-0.2, -0.15) is 0 Å². The van der Waals surface area contributed by atoms with E-state index in [4.69, 9.17) is 37.4 Å². The molecule has 0 aliphatic carbocycles. The minimum Gasteiger partial charge on any atom is -0.494 e. The molecule has 0 atom stereocenters. The van der Waals surface area contributed by atoms with Crippen molar-refractivity contribution in [2.45, 2.75) is 33.1 Å². The maximum absolute atomic E-state index is 6.05. The number of aryl methyl sites for hydroxylation is 2. The highest BCUT2D eigenvalue weighted by Crippen LogP contribution is 2.30. The fourth-order valence-electron chi connectivity index (χ4n) is 2.66. The molecule has 6 heteroatoms. The number of benzene rings is 2. The van der Waals surface area contributed by atoms with Crippen LogP contribution in [0.25, 0.3) is 0 Å². The second-order valence-electron chi connectivity index (χ2n) is 6.24. The Morgan fingerprint density at radius 1 is 0.964 bits per heavy atom. The van der Waals surface area contributed by atoms with Crippen LogP contribution in [0.15, 0.2) is 51.4 Å². The van der Waals surface area contributed by atoms with Gasteiger partial charge in [0.2, 0.25) is 0 Å². The van der Waals surface area contributed by atoms with Crippen LogP contribution in [0.1, 0.15) is 30.9 Å². The molecule has 0 heterocycles. The lowest BCUT2D eigenvalue weighted by atomic mass is 10.1. The van der Waals surface area contributed by atoms with Crippen LogP contribution in [0, 0.1) is 6.92 Å². The van der Waals surface area contributed by atoms with Gasteiger partial charge in [0.15, 0.2) is 0 Å². The van der Waals surface area contributed by atoms with Gasteiger partial charge in [-0.25, -0.2) is 0 Å². The molecule has 0 saturated heterocycles. The first kappa shape index (κ1) is 22.9. The quantitative estimate of drug-likeness (QED) is 0.312. The summed E-state index contributed by atoms with van der Waals surface area (Å²) in [7, 11) is 0. The summed E-state index contributed by atoms with van der Waals surface area (Å²) in [4.78, 5) is 0. The van der Waals surface area contributed by atoms with Crippen molar-refractivity contribution in [1.29, 1.82) is 0 Å². The van der Waals surface area contributed by atoms with Crippen LogP contribution in [-0.4, -0.2) is 19.8 Å². The third-order valence-corrected chi connectivity index (χ3v) is 4.90. The Morgan fingerprint density at radius 2 is 1.64 bits per heavy atom. The van der Waals surface area contributed by atoms with E-state index in [-0.39, 0.29) is 4.49 Å². The van der Waals surface area contributed by atoms with Crippen molar-refractivity contribution in [3.8, 4) is 17.2 Å². The highest BCUT2D eigenvalue weighted by atomic mass is 79.9. The maximum Gasteiger partial charge on any atom is 0.125 e. The van der Waals surface area contributed by atoms with E-state index < -0.39 is 0 Å². The highest BCUT2D eigenvalue weighted by Gasteiger charge is 2.09. The summed E-state index contributed by atoms with van der Waals surface area (Å²) < 4.78 is 18.7. The molecule has 0 fully saturated rings. The number of ether oxygens (including phenoxy) is 3. The van der Waals surface area contributed by atoms with Gasteiger partial charge in [0.25, 0.3) is 0 Å². The summed E-state index contributed by atoms with van der Waals surface area (Å²) in [6.45, 7) is 5.80. The normalized spacial score (nSPS) is 10.5. The lowest BCUT2D eigenvalue weighted by Crippen LogP contribution is -2.05. The molecule has 0 radical (unpaired) electrons. The summed E-state index contributed by atoms with van der Waals surface area (Å²) in [5.74, 6) is 2.61. The molecule has 0 spiro atoms. The average Bonchev–Trinajstić information content (AvgIpc) is 2.66. The smallest absolute Gasteiger partial charge is 0.125 e. The van der Waals surface area contributed by atoms with Gasteiger partial charge in [-0.05, 0) is 79.8 Å². The summed E-state index contributed by atoms with van der Waals surface area (Å²) in [6, 6.07) is 11.8. The molecular weight excluding hydrogens is 463 g/mol. The predicted molar refractivity (Wildman–Crippen MR) is 120 cm³/mol. The van der Waals surface area contributed by atoms with Crippen LogP contribution in [0.2, 0.25) is 0 Å². The molecule has 28 heavy (non-hydrogen) atoms. The van der Waals surface area contributed by atoms with Gasteiger partial charge >= 0.3 is 0 Å². The third-order valence-electron chi connectivity index (χ3n) is 4.06. The number of hydrogen-bond acceptors (Lipinski definition) is 3. The van der Waals surface area contributed by atoms with Gasteiger partial charge in [-0.1, -0.05) is 46.1 Å². The summed E-state index contributed by atoms with van der Waals surface area (Å²) in [5, 5.41) is 0. The minimum atomic E-state index is 0.205. The van der Waals surface area contributed by atoms with E-state index in [1.165, 1.54) is 0 Å². The number of unbranched alkanes of at least 4 members (excludes halogenated alkanes) is 1. The van der Waals surface area contributed by atoms with E-state index in [0.717, 1.165) is 52.1 Å². The Balaban J connectivity index is 1.79. The molecule has 0 aliphatic heterocycles. The van der Waals surface area contributed by atoms with Crippen LogP contribution in [-0.2, 0) is 6.42 Å². The molecule has 0 aromatic heterocycles. The number of rotatable bonds is 11. The van der Waals surface area contributed by atoms with Crippen LogP contribution >= 0.6 is 39.1 Å². The SMILES string of the molecule is CCc1cc(OCC=C(Cl)Cl)cc(C)c1OCCCCOc1ccc(Br)cc1. The molecule has 2 aromatic rings. The molecular formula is C22H25BrCl2O3. The van der Waals surface area contributed by atoms with Crippen molar-refractivity contribution in [2.75, 3.05) is 19.8 Å².